The highest BCUT2D eigenvalue weighted by Crippen LogP contribution is 2.43. The molecule has 8 nitrogen and oxygen atoms in total. The predicted octanol–water partition coefficient (Wildman–Crippen LogP) is 5.47. The summed E-state index contributed by atoms with van der Waals surface area (Å²) in [7, 11) is 0. The molecule has 12 heteroatoms. The van der Waals surface area contributed by atoms with Gasteiger partial charge in [-0.05, 0) is 54.7 Å². The van der Waals surface area contributed by atoms with E-state index in [2.05, 4.69) is 31.0 Å². The van der Waals surface area contributed by atoms with Gasteiger partial charge in [0, 0.05) is 11.8 Å². The van der Waals surface area contributed by atoms with Crippen molar-refractivity contribution in [2.24, 2.45) is 0 Å². The zero-order valence-corrected chi connectivity index (χ0v) is 21.8. The molecular formula is C26H24F2N6O2S2. The summed E-state index contributed by atoms with van der Waals surface area (Å²) in [4.78, 5) is 24.7. The molecule has 2 heterocycles. The van der Waals surface area contributed by atoms with Crippen LogP contribution in [0.1, 0.15) is 58.7 Å². The van der Waals surface area contributed by atoms with E-state index in [0.717, 1.165) is 35.7 Å². The van der Waals surface area contributed by atoms with Gasteiger partial charge in [-0.15, -0.1) is 20.4 Å². The van der Waals surface area contributed by atoms with Gasteiger partial charge in [0.25, 0.3) is 0 Å². The smallest absolute Gasteiger partial charge is 0.230 e. The Kier molecular flexibility index (Phi) is 8.08. The highest BCUT2D eigenvalue weighted by molar-refractivity contribution is 7.15. The summed E-state index contributed by atoms with van der Waals surface area (Å²) < 4.78 is 26.1. The van der Waals surface area contributed by atoms with Gasteiger partial charge in [0.05, 0.1) is 12.8 Å². The average molecular weight is 555 g/mol. The van der Waals surface area contributed by atoms with Crippen molar-refractivity contribution in [2.45, 2.75) is 50.4 Å². The van der Waals surface area contributed by atoms with Crippen molar-refractivity contribution in [3.63, 3.8) is 0 Å². The molecule has 1 fully saturated rings. The Balaban J connectivity index is 1.14. The molecule has 0 bridgehead atoms. The van der Waals surface area contributed by atoms with Crippen LogP contribution in [0.5, 0.6) is 0 Å². The number of carbonyl (C=O) groups is 2. The Morgan fingerprint density at radius 2 is 1.13 bits per heavy atom. The lowest BCUT2D eigenvalue weighted by Gasteiger charge is -2.25. The van der Waals surface area contributed by atoms with E-state index in [0.29, 0.717) is 21.4 Å². The fourth-order valence-corrected chi connectivity index (χ4v) is 6.25. The van der Waals surface area contributed by atoms with Crippen LogP contribution in [0.2, 0.25) is 0 Å². The van der Waals surface area contributed by atoms with Crippen molar-refractivity contribution in [3.8, 4) is 0 Å². The molecule has 1 saturated carbocycles. The van der Waals surface area contributed by atoms with E-state index in [1.165, 1.54) is 46.9 Å². The van der Waals surface area contributed by atoms with Crippen LogP contribution in [0.15, 0.2) is 48.5 Å². The minimum Gasteiger partial charge on any atom is -0.300 e. The Labute approximate surface area is 225 Å². The summed E-state index contributed by atoms with van der Waals surface area (Å²) in [5.74, 6) is -0.772. The number of amides is 2. The van der Waals surface area contributed by atoms with Gasteiger partial charge in [0.1, 0.15) is 21.6 Å². The first-order valence-corrected chi connectivity index (χ1v) is 13.8. The fourth-order valence-electron chi connectivity index (χ4n) is 4.44. The van der Waals surface area contributed by atoms with Crippen molar-refractivity contribution >= 4 is 44.8 Å². The molecule has 38 heavy (non-hydrogen) atoms. The van der Waals surface area contributed by atoms with E-state index in [4.69, 9.17) is 0 Å². The van der Waals surface area contributed by atoms with E-state index < -0.39 is 0 Å². The van der Waals surface area contributed by atoms with Gasteiger partial charge in [-0.2, -0.15) is 0 Å². The van der Waals surface area contributed by atoms with Gasteiger partial charge in [0.15, 0.2) is 0 Å². The normalized spacial score (nSPS) is 17.2. The Morgan fingerprint density at radius 3 is 1.55 bits per heavy atom. The molecule has 1 aliphatic rings. The van der Waals surface area contributed by atoms with Crippen LogP contribution >= 0.6 is 22.7 Å². The minimum atomic E-state index is -0.343. The molecular weight excluding hydrogens is 530 g/mol. The molecule has 2 unspecified atom stereocenters. The molecule has 1 aliphatic carbocycles. The lowest BCUT2D eigenvalue weighted by Crippen LogP contribution is -2.14. The number of hydrogen-bond donors (Lipinski definition) is 2. The Hall–Kier alpha value is -3.64. The zero-order valence-electron chi connectivity index (χ0n) is 20.2. The molecule has 0 saturated heterocycles. The fraction of sp³-hybridized carbons (Fsp3) is 0.308. The maximum Gasteiger partial charge on any atom is 0.230 e. The largest absolute Gasteiger partial charge is 0.300 e. The molecule has 4 aromatic rings. The highest BCUT2D eigenvalue weighted by atomic mass is 32.1. The summed E-state index contributed by atoms with van der Waals surface area (Å²) >= 11 is 2.73. The number of anilines is 2. The van der Waals surface area contributed by atoms with Crippen LogP contribution in [0.3, 0.4) is 0 Å². The van der Waals surface area contributed by atoms with Crippen LogP contribution in [0.4, 0.5) is 19.0 Å². The molecule has 0 spiro atoms. The minimum absolute atomic E-state index is 0.126. The SMILES string of the molecule is O=C(Cc1ccc(F)cc1)Nc1nnc(C2CCCC(c3nnc(NC(=O)Cc4ccc(F)cc4)s3)C2)s1. The van der Waals surface area contributed by atoms with E-state index >= 15 is 0 Å². The van der Waals surface area contributed by atoms with Crippen molar-refractivity contribution in [3.05, 3.63) is 81.3 Å². The van der Waals surface area contributed by atoms with E-state index in [-0.39, 0.29) is 48.1 Å². The number of nitrogens with zero attached hydrogens (tertiary/aromatic N) is 4. The number of halogens is 2. The van der Waals surface area contributed by atoms with Gasteiger partial charge in [-0.25, -0.2) is 8.78 Å². The number of rotatable bonds is 8. The van der Waals surface area contributed by atoms with Crippen LogP contribution < -0.4 is 10.6 Å². The Bertz CT molecular complexity index is 1300. The van der Waals surface area contributed by atoms with Gasteiger partial charge in [-0.1, -0.05) is 53.4 Å². The first-order chi connectivity index (χ1) is 18.4. The molecule has 2 atom stereocenters. The molecule has 0 radical (unpaired) electrons. The quantitative estimate of drug-likeness (QED) is 0.299. The molecule has 5 rings (SSSR count). The lowest BCUT2D eigenvalue weighted by atomic mass is 9.82. The van der Waals surface area contributed by atoms with Crippen LogP contribution in [-0.2, 0) is 22.4 Å². The van der Waals surface area contributed by atoms with Gasteiger partial charge in [0.2, 0.25) is 22.1 Å². The summed E-state index contributed by atoms with van der Waals surface area (Å²) in [6, 6.07) is 11.6. The second-order valence-corrected chi connectivity index (χ2v) is 11.2. The zero-order chi connectivity index (χ0) is 26.5. The third-order valence-electron chi connectivity index (χ3n) is 6.30. The van der Waals surface area contributed by atoms with Gasteiger partial charge >= 0.3 is 0 Å². The van der Waals surface area contributed by atoms with E-state index in [9.17, 15) is 18.4 Å². The first-order valence-electron chi connectivity index (χ1n) is 12.2. The van der Waals surface area contributed by atoms with Crippen LogP contribution in [0.25, 0.3) is 0 Å². The number of carbonyl (C=O) groups excluding carboxylic acids is 2. The van der Waals surface area contributed by atoms with Crippen LogP contribution in [0, 0.1) is 11.6 Å². The van der Waals surface area contributed by atoms with Gasteiger partial charge in [-0.3, -0.25) is 9.59 Å². The number of benzene rings is 2. The monoisotopic (exact) mass is 554 g/mol. The maximum atomic E-state index is 13.1. The summed E-state index contributed by atoms with van der Waals surface area (Å²) in [6.07, 6.45) is 4.01. The first kappa shape index (κ1) is 26.0. The molecule has 196 valence electrons. The lowest BCUT2D eigenvalue weighted by molar-refractivity contribution is -0.116. The number of nitrogens with one attached hydrogen (secondary N) is 2. The highest BCUT2D eigenvalue weighted by Gasteiger charge is 2.29. The number of aromatic nitrogens is 4. The molecule has 0 aliphatic heterocycles. The predicted molar refractivity (Wildman–Crippen MR) is 141 cm³/mol. The topological polar surface area (TPSA) is 110 Å². The maximum absolute atomic E-state index is 13.1. The summed E-state index contributed by atoms with van der Waals surface area (Å²) in [5, 5.41) is 25.1. The summed E-state index contributed by atoms with van der Waals surface area (Å²) in [6.45, 7) is 0. The second-order valence-electron chi connectivity index (χ2n) is 9.15. The van der Waals surface area contributed by atoms with Crippen molar-refractivity contribution in [2.75, 3.05) is 10.6 Å². The molecule has 2 aromatic carbocycles. The second kappa shape index (κ2) is 11.8. The third kappa shape index (κ3) is 6.81. The van der Waals surface area contributed by atoms with Crippen molar-refractivity contribution in [1.82, 2.24) is 20.4 Å². The summed E-state index contributed by atoms with van der Waals surface area (Å²) in [5.41, 5.74) is 1.43. The van der Waals surface area contributed by atoms with E-state index in [1.807, 2.05) is 0 Å². The number of hydrogen-bond acceptors (Lipinski definition) is 8. The van der Waals surface area contributed by atoms with E-state index in [1.54, 1.807) is 24.3 Å². The Morgan fingerprint density at radius 1 is 0.711 bits per heavy atom. The average Bonchev–Trinajstić information content (AvgIpc) is 3.57. The molecule has 2 N–H and O–H groups in total. The third-order valence-corrected chi connectivity index (χ3v) is 8.30. The standard InChI is InChI=1S/C26H24F2N6O2S2/c27-19-8-4-15(5-9-19)12-21(35)29-25-33-31-23(37-25)17-2-1-3-18(14-17)24-32-34-26(38-24)30-22(36)13-16-6-10-20(28)11-7-16/h4-11,17-18H,1-3,12-14H2,(H,29,33,35)(H,30,34,36). The van der Waals surface area contributed by atoms with Gasteiger partial charge < -0.3 is 10.6 Å². The molecule has 2 aromatic heterocycles. The van der Waals surface area contributed by atoms with Crippen LogP contribution in [-0.4, -0.2) is 32.2 Å². The van der Waals surface area contributed by atoms with Crippen molar-refractivity contribution in [1.29, 1.82) is 0 Å². The van der Waals surface area contributed by atoms with Crippen molar-refractivity contribution < 1.29 is 18.4 Å². The molecule has 2 amide bonds.